The molecule has 2 nitrogen and oxygen atoms in total. The number of hydrogen-bond acceptors (Lipinski definition) is 2. The highest BCUT2D eigenvalue weighted by molar-refractivity contribution is 5.75. The summed E-state index contributed by atoms with van der Waals surface area (Å²) in [6.45, 7) is 2.33. The molecule has 0 fully saturated rings. The Bertz CT molecular complexity index is 384. The molecule has 0 aliphatic heterocycles. The summed E-state index contributed by atoms with van der Waals surface area (Å²) in [5, 5.41) is 0. The molecule has 2 rings (SSSR count). The molecule has 0 spiro atoms. The largest absolute Gasteiger partial charge is 0.374 e. The van der Waals surface area contributed by atoms with Gasteiger partial charge in [-0.25, -0.2) is 0 Å². The number of benzene rings is 1. The lowest BCUT2D eigenvalue weighted by Gasteiger charge is -2.25. The van der Waals surface area contributed by atoms with Crippen molar-refractivity contribution in [2.24, 2.45) is 0 Å². The van der Waals surface area contributed by atoms with Gasteiger partial charge >= 0.3 is 0 Å². The van der Waals surface area contributed by atoms with Crippen LogP contribution in [-0.2, 0) is 16.0 Å². The van der Waals surface area contributed by atoms with Crippen molar-refractivity contribution in [3.05, 3.63) is 35.4 Å². The van der Waals surface area contributed by atoms with E-state index < -0.39 is 0 Å². The topological polar surface area (TPSA) is 26.3 Å². The molecule has 0 radical (unpaired) electrons. The number of hydrogen-bond donors (Lipinski definition) is 0. The number of aryl methyl sites for hydroxylation is 1. The van der Waals surface area contributed by atoms with E-state index in [1.165, 1.54) is 24.0 Å². The zero-order chi connectivity index (χ0) is 12.1. The molecule has 17 heavy (non-hydrogen) atoms. The fourth-order valence-electron chi connectivity index (χ4n) is 2.43. The van der Waals surface area contributed by atoms with E-state index in [-0.39, 0.29) is 11.9 Å². The molecule has 0 bridgehead atoms. The summed E-state index contributed by atoms with van der Waals surface area (Å²) in [4.78, 5) is 10.8. The molecule has 0 amide bonds. The van der Waals surface area contributed by atoms with Crippen LogP contribution < -0.4 is 0 Å². The molecule has 1 aromatic carbocycles. The Labute approximate surface area is 103 Å². The smallest absolute Gasteiger partial charge is 0.129 e. The summed E-state index contributed by atoms with van der Waals surface area (Å²) in [7, 11) is 0. The van der Waals surface area contributed by atoms with E-state index >= 15 is 0 Å². The monoisotopic (exact) mass is 232 g/mol. The van der Waals surface area contributed by atoms with Crippen molar-refractivity contribution in [3.63, 3.8) is 0 Å². The summed E-state index contributed by atoms with van der Waals surface area (Å²) < 4.78 is 5.91. The minimum Gasteiger partial charge on any atom is -0.374 e. The Kier molecular flexibility index (Phi) is 4.32. The van der Waals surface area contributed by atoms with Crippen LogP contribution in [0.15, 0.2) is 24.3 Å². The third kappa shape index (κ3) is 3.40. The van der Waals surface area contributed by atoms with Gasteiger partial charge in [0.15, 0.2) is 0 Å². The molecular weight excluding hydrogens is 212 g/mol. The maximum absolute atomic E-state index is 10.8. The maximum atomic E-state index is 10.8. The number of Topliss-reactive ketones (excluding diaryl/α,β-unsaturated/α-hetero) is 1. The lowest BCUT2D eigenvalue weighted by atomic mass is 9.89. The summed E-state index contributed by atoms with van der Waals surface area (Å²) in [5.41, 5.74) is 2.77. The van der Waals surface area contributed by atoms with E-state index in [4.69, 9.17) is 4.74 Å². The Balaban J connectivity index is 1.88. The van der Waals surface area contributed by atoms with Crippen LogP contribution in [0.2, 0.25) is 0 Å². The number of ether oxygens (including phenoxy) is 1. The van der Waals surface area contributed by atoms with E-state index in [2.05, 4.69) is 24.3 Å². The van der Waals surface area contributed by atoms with Crippen LogP contribution in [0.4, 0.5) is 0 Å². The fourth-order valence-corrected chi connectivity index (χ4v) is 2.43. The van der Waals surface area contributed by atoms with Gasteiger partial charge in [0, 0.05) is 13.0 Å². The first-order chi connectivity index (χ1) is 8.27. The van der Waals surface area contributed by atoms with Crippen LogP contribution >= 0.6 is 0 Å². The first-order valence-electron chi connectivity index (χ1n) is 6.46. The van der Waals surface area contributed by atoms with Gasteiger partial charge in [-0.15, -0.1) is 0 Å². The van der Waals surface area contributed by atoms with Crippen molar-refractivity contribution < 1.29 is 9.53 Å². The SMILES string of the molecule is CC(=O)CCCOC1CCCc2ccccc21. The van der Waals surface area contributed by atoms with Gasteiger partial charge < -0.3 is 9.53 Å². The van der Waals surface area contributed by atoms with E-state index in [1.807, 2.05) is 0 Å². The average molecular weight is 232 g/mol. The quantitative estimate of drug-likeness (QED) is 0.727. The van der Waals surface area contributed by atoms with Crippen LogP contribution in [-0.4, -0.2) is 12.4 Å². The molecule has 0 saturated heterocycles. The zero-order valence-corrected chi connectivity index (χ0v) is 10.4. The van der Waals surface area contributed by atoms with E-state index in [0.717, 1.165) is 12.8 Å². The second-order valence-electron chi connectivity index (χ2n) is 4.76. The van der Waals surface area contributed by atoms with Gasteiger partial charge in [0.1, 0.15) is 5.78 Å². The van der Waals surface area contributed by atoms with Crippen molar-refractivity contribution >= 4 is 5.78 Å². The molecule has 0 saturated carbocycles. The second kappa shape index (κ2) is 5.97. The molecule has 0 aromatic heterocycles. The van der Waals surface area contributed by atoms with Gasteiger partial charge in [0.25, 0.3) is 0 Å². The van der Waals surface area contributed by atoms with Crippen LogP contribution in [0, 0.1) is 0 Å². The van der Waals surface area contributed by atoms with E-state index in [0.29, 0.717) is 13.0 Å². The van der Waals surface area contributed by atoms with Crippen molar-refractivity contribution in [1.82, 2.24) is 0 Å². The van der Waals surface area contributed by atoms with Crippen molar-refractivity contribution in [2.45, 2.75) is 45.1 Å². The van der Waals surface area contributed by atoms with Crippen LogP contribution in [0.1, 0.15) is 49.8 Å². The number of ketones is 1. The summed E-state index contributed by atoms with van der Waals surface area (Å²) >= 11 is 0. The van der Waals surface area contributed by atoms with Gasteiger partial charge in [-0.3, -0.25) is 0 Å². The first kappa shape index (κ1) is 12.3. The lowest BCUT2D eigenvalue weighted by Crippen LogP contribution is -2.13. The molecule has 1 atom stereocenters. The van der Waals surface area contributed by atoms with Crippen molar-refractivity contribution in [2.75, 3.05) is 6.61 Å². The first-order valence-corrected chi connectivity index (χ1v) is 6.46. The zero-order valence-electron chi connectivity index (χ0n) is 10.4. The lowest BCUT2D eigenvalue weighted by molar-refractivity contribution is -0.117. The minimum absolute atomic E-state index is 0.243. The fraction of sp³-hybridized carbons (Fsp3) is 0.533. The van der Waals surface area contributed by atoms with Crippen molar-refractivity contribution in [1.29, 1.82) is 0 Å². The molecule has 2 heteroatoms. The van der Waals surface area contributed by atoms with Crippen LogP contribution in [0.25, 0.3) is 0 Å². The molecule has 1 aliphatic carbocycles. The minimum atomic E-state index is 0.243. The molecule has 1 aliphatic rings. The third-order valence-electron chi connectivity index (χ3n) is 3.31. The highest BCUT2D eigenvalue weighted by atomic mass is 16.5. The van der Waals surface area contributed by atoms with Gasteiger partial charge in [0.05, 0.1) is 6.10 Å². The van der Waals surface area contributed by atoms with Crippen molar-refractivity contribution in [3.8, 4) is 0 Å². The van der Waals surface area contributed by atoms with Gasteiger partial charge in [-0.2, -0.15) is 0 Å². The molecule has 92 valence electrons. The molecule has 0 heterocycles. The third-order valence-corrected chi connectivity index (χ3v) is 3.31. The number of rotatable bonds is 5. The predicted octanol–water partition coefficient (Wildman–Crippen LogP) is 3.45. The Morgan fingerprint density at radius 2 is 2.24 bits per heavy atom. The maximum Gasteiger partial charge on any atom is 0.129 e. The molecular formula is C15H20O2. The highest BCUT2D eigenvalue weighted by Crippen LogP contribution is 2.32. The Morgan fingerprint density at radius 3 is 3.06 bits per heavy atom. The van der Waals surface area contributed by atoms with E-state index in [1.54, 1.807) is 6.92 Å². The summed E-state index contributed by atoms with van der Waals surface area (Å²) in [5.74, 6) is 0.248. The van der Waals surface area contributed by atoms with Gasteiger partial charge in [-0.1, -0.05) is 24.3 Å². The van der Waals surface area contributed by atoms with Crippen LogP contribution in [0.3, 0.4) is 0 Å². The number of carbonyl (C=O) groups excluding carboxylic acids is 1. The molecule has 0 N–H and O–H groups in total. The Hall–Kier alpha value is -1.15. The number of fused-ring (bicyclic) bond motifs is 1. The number of carbonyl (C=O) groups is 1. The van der Waals surface area contributed by atoms with Gasteiger partial charge in [-0.05, 0) is 43.7 Å². The Morgan fingerprint density at radius 1 is 1.41 bits per heavy atom. The second-order valence-corrected chi connectivity index (χ2v) is 4.76. The standard InChI is InChI=1S/C15H20O2/c1-12(16)6-5-11-17-15-10-4-8-13-7-2-3-9-14(13)15/h2-3,7,9,15H,4-6,8,10-11H2,1H3. The summed E-state index contributed by atoms with van der Waals surface area (Å²) in [6, 6.07) is 8.54. The normalized spacial score (nSPS) is 18.8. The predicted molar refractivity (Wildman–Crippen MR) is 68.0 cm³/mol. The van der Waals surface area contributed by atoms with E-state index in [9.17, 15) is 4.79 Å². The highest BCUT2D eigenvalue weighted by Gasteiger charge is 2.19. The molecule has 1 unspecified atom stereocenters. The summed E-state index contributed by atoms with van der Waals surface area (Å²) in [6.07, 6.45) is 5.20. The average Bonchev–Trinajstić information content (AvgIpc) is 2.34. The van der Waals surface area contributed by atoms with Crippen LogP contribution in [0.5, 0.6) is 0 Å². The molecule has 1 aromatic rings. The van der Waals surface area contributed by atoms with Gasteiger partial charge in [0.2, 0.25) is 0 Å².